The minimum absolute atomic E-state index is 0.163. The lowest BCUT2D eigenvalue weighted by atomic mass is 9.82. The number of rotatable bonds is 2. The summed E-state index contributed by atoms with van der Waals surface area (Å²) in [4.78, 5) is 2.51. The quantitative estimate of drug-likeness (QED) is 0.817. The lowest BCUT2D eigenvalue weighted by molar-refractivity contribution is 0.0387. The van der Waals surface area contributed by atoms with Gasteiger partial charge in [-0.25, -0.2) is 0 Å². The van der Waals surface area contributed by atoms with Crippen LogP contribution in [0.15, 0.2) is 24.3 Å². The Kier molecular flexibility index (Phi) is 3.40. The van der Waals surface area contributed by atoms with Gasteiger partial charge in [-0.2, -0.15) is 0 Å². The zero-order valence-corrected chi connectivity index (χ0v) is 11.9. The summed E-state index contributed by atoms with van der Waals surface area (Å²) in [6, 6.07) is 7.93. The third-order valence-corrected chi connectivity index (χ3v) is 4.24. The number of benzene rings is 1. The van der Waals surface area contributed by atoms with Gasteiger partial charge in [-0.3, -0.25) is 4.90 Å². The van der Waals surface area contributed by atoms with Crippen molar-refractivity contribution in [1.82, 2.24) is 4.90 Å². The number of ether oxygens (including phenoxy) is 2. The number of fused-ring (bicyclic) bond motifs is 1. The number of hydrogen-bond donors (Lipinski definition) is 0. The standard InChI is InChI=1S/C16H23NO2/c1-16(2)7-9-17(10-8-16)11-13-12-18-14-5-3-4-6-15(14)19-13/h3-6,13H,7-12H2,1-2H3. The molecule has 0 N–H and O–H groups in total. The van der Waals surface area contributed by atoms with Crippen LogP contribution in [0.5, 0.6) is 11.5 Å². The summed E-state index contributed by atoms with van der Waals surface area (Å²) in [5, 5.41) is 0. The molecule has 1 unspecified atom stereocenters. The van der Waals surface area contributed by atoms with Crippen LogP contribution in [0.25, 0.3) is 0 Å². The Bertz CT molecular complexity index is 434. The van der Waals surface area contributed by atoms with Crippen LogP contribution in [0.2, 0.25) is 0 Å². The van der Waals surface area contributed by atoms with E-state index in [0.29, 0.717) is 12.0 Å². The van der Waals surface area contributed by atoms with E-state index in [4.69, 9.17) is 9.47 Å². The Morgan fingerprint density at radius 3 is 2.58 bits per heavy atom. The first-order valence-electron chi connectivity index (χ1n) is 7.23. The van der Waals surface area contributed by atoms with Crippen molar-refractivity contribution in [1.29, 1.82) is 0 Å². The second-order valence-corrected chi connectivity index (χ2v) is 6.46. The maximum Gasteiger partial charge on any atom is 0.161 e. The second-order valence-electron chi connectivity index (χ2n) is 6.46. The van der Waals surface area contributed by atoms with Crippen LogP contribution in [-0.2, 0) is 0 Å². The van der Waals surface area contributed by atoms with Gasteiger partial charge in [0.2, 0.25) is 0 Å². The van der Waals surface area contributed by atoms with Gasteiger partial charge in [-0.05, 0) is 43.5 Å². The summed E-state index contributed by atoms with van der Waals surface area (Å²) in [5.74, 6) is 1.76. The van der Waals surface area contributed by atoms with Gasteiger partial charge in [0.1, 0.15) is 12.7 Å². The summed E-state index contributed by atoms with van der Waals surface area (Å²) >= 11 is 0. The average Bonchev–Trinajstić information content (AvgIpc) is 2.41. The smallest absolute Gasteiger partial charge is 0.161 e. The SMILES string of the molecule is CC1(C)CCN(CC2COc3ccccc3O2)CC1. The third kappa shape index (κ3) is 3.03. The molecule has 1 aromatic rings. The van der Waals surface area contributed by atoms with Crippen molar-refractivity contribution >= 4 is 0 Å². The highest BCUT2D eigenvalue weighted by atomic mass is 16.6. The molecule has 0 bridgehead atoms. The number of piperidine rings is 1. The first kappa shape index (κ1) is 12.8. The fraction of sp³-hybridized carbons (Fsp3) is 0.625. The Balaban J connectivity index is 1.55. The van der Waals surface area contributed by atoms with Gasteiger partial charge in [0, 0.05) is 6.54 Å². The zero-order chi connectivity index (χ0) is 13.3. The normalized spacial score (nSPS) is 26.1. The van der Waals surface area contributed by atoms with E-state index in [1.165, 1.54) is 25.9 Å². The van der Waals surface area contributed by atoms with Crippen LogP contribution in [-0.4, -0.2) is 37.2 Å². The van der Waals surface area contributed by atoms with Gasteiger partial charge in [0.25, 0.3) is 0 Å². The van der Waals surface area contributed by atoms with Crippen molar-refractivity contribution in [3.63, 3.8) is 0 Å². The minimum Gasteiger partial charge on any atom is -0.486 e. The topological polar surface area (TPSA) is 21.7 Å². The molecule has 0 amide bonds. The molecule has 3 rings (SSSR count). The van der Waals surface area contributed by atoms with E-state index in [1.807, 2.05) is 24.3 Å². The van der Waals surface area contributed by atoms with Gasteiger partial charge in [-0.1, -0.05) is 26.0 Å². The van der Waals surface area contributed by atoms with Gasteiger partial charge in [-0.15, -0.1) is 0 Å². The molecule has 1 aromatic carbocycles. The molecule has 1 atom stereocenters. The van der Waals surface area contributed by atoms with Crippen molar-refractivity contribution in [2.75, 3.05) is 26.2 Å². The van der Waals surface area contributed by atoms with E-state index in [1.54, 1.807) is 0 Å². The predicted molar refractivity (Wildman–Crippen MR) is 75.8 cm³/mol. The molecule has 0 saturated carbocycles. The average molecular weight is 261 g/mol. The summed E-state index contributed by atoms with van der Waals surface area (Å²) in [5.41, 5.74) is 0.507. The molecule has 0 aliphatic carbocycles. The molecule has 104 valence electrons. The van der Waals surface area contributed by atoms with Crippen LogP contribution in [0.3, 0.4) is 0 Å². The lowest BCUT2D eigenvalue weighted by Gasteiger charge is -2.39. The van der Waals surface area contributed by atoms with Gasteiger partial charge in [0.15, 0.2) is 11.5 Å². The number of likely N-dealkylation sites (tertiary alicyclic amines) is 1. The van der Waals surface area contributed by atoms with E-state index >= 15 is 0 Å². The number of para-hydroxylation sites is 2. The molecule has 1 saturated heterocycles. The Morgan fingerprint density at radius 1 is 1.16 bits per heavy atom. The van der Waals surface area contributed by atoms with Crippen LogP contribution >= 0.6 is 0 Å². The molecule has 3 nitrogen and oxygen atoms in total. The molecule has 0 spiro atoms. The molecule has 2 heterocycles. The van der Waals surface area contributed by atoms with E-state index in [-0.39, 0.29) is 6.10 Å². The molecule has 19 heavy (non-hydrogen) atoms. The fourth-order valence-corrected chi connectivity index (χ4v) is 2.78. The highest BCUT2D eigenvalue weighted by Gasteiger charge is 2.28. The summed E-state index contributed by atoms with van der Waals surface area (Å²) < 4.78 is 11.8. The molecular formula is C16H23NO2. The van der Waals surface area contributed by atoms with Gasteiger partial charge in [0.05, 0.1) is 0 Å². The van der Waals surface area contributed by atoms with Gasteiger partial charge >= 0.3 is 0 Å². The van der Waals surface area contributed by atoms with E-state index in [9.17, 15) is 0 Å². The van der Waals surface area contributed by atoms with Crippen molar-refractivity contribution < 1.29 is 9.47 Å². The fourth-order valence-electron chi connectivity index (χ4n) is 2.78. The predicted octanol–water partition coefficient (Wildman–Crippen LogP) is 2.95. The Hall–Kier alpha value is -1.22. The Labute approximate surface area is 115 Å². The van der Waals surface area contributed by atoms with Crippen molar-refractivity contribution in [2.24, 2.45) is 5.41 Å². The highest BCUT2D eigenvalue weighted by molar-refractivity contribution is 5.40. The van der Waals surface area contributed by atoms with E-state index < -0.39 is 0 Å². The monoisotopic (exact) mass is 261 g/mol. The second kappa shape index (κ2) is 5.04. The maximum atomic E-state index is 6.02. The van der Waals surface area contributed by atoms with Gasteiger partial charge < -0.3 is 9.47 Å². The maximum absolute atomic E-state index is 6.02. The van der Waals surface area contributed by atoms with E-state index in [0.717, 1.165) is 18.0 Å². The molecule has 1 fully saturated rings. The number of hydrogen-bond acceptors (Lipinski definition) is 3. The third-order valence-electron chi connectivity index (χ3n) is 4.24. The minimum atomic E-state index is 0.163. The molecule has 2 aliphatic heterocycles. The van der Waals surface area contributed by atoms with Crippen LogP contribution < -0.4 is 9.47 Å². The first-order valence-corrected chi connectivity index (χ1v) is 7.23. The number of nitrogens with zero attached hydrogens (tertiary/aromatic N) is 1. The largest absolute Gasteiger partial charge is 0.486 e. The van der Waals surface area contributed by atoms with Crippen molar-refractivity contribution in [3.8, 4) is 11.5 Å². The van der Waals surface area contributed by atoms with Crippen molar-refractivity contribution in [2.45, 2.75) is 32.8 Å². The summed E-state index contributed by atoms with van der Waals surface area (Å²) in [6.45, 7) is 8.71. The molecule has 0 radical (unpaired) electrons. The highest BCUT2D eigenvalue weighted by Crippen LogP contribution is 2.32. The molecule has 2 aliphatic rings. The van der Waals surface area contributed by atoms with Crippen molar-refractivity contribution in [3.05, 3.63) is 24.3 Å². The van der Waals surface area contributed by atoms with Crippen LogP contribution in [0.1, 0.15) is 26.7 Å². The first-order chi connectivity index (χ1) is 9.12. The van der Waals surface area contributed by atoms with Crippen LogP contribution in [0.4, 0.5) is 0 Å². The van der Waals surface area contributed by atoms with E-state index in [2.05, 4.69) is 18.7 Å². The summed E-state index contributed by atoms with van der Waals surface area (Å²) in [7, 11) is 0. The Morgan fingerprint density at radius 2 is 1.84 bits per heavy atom. The molecular weight excluding hydrogens is 238 g/mol. The zero-order valence-electron chi connectivity index (χ0n) is 11.9. The molecule has 0 aromatic heterocycles. The lowest BCUT2D eigenvalue weighted by Crippen LogP contribution is -2.45. The van der Waals surface area contributed by atoms with Crippen LogP contribution in [0, 0.1) is 5.41 Å². The molecule has 3 heteroatoms. The summed E-state index contributed by atoms with van der Waals surface area (Å²) in [6.07, 6.45) is 2.71.